The minimum absolute atomic E-state index is 0.250. The van der Waals surface area contributed by atoms with E-state index in [9.17, 15) is 14.7 Å². The summed E-state index contributed by atoms with van der Waals surface area (Å²) >= 11 is 0. The van der Waals surface area contributed by atoms with Gasteiger partial charge in [0.1, 0.15) is 22.6 Å². The van der Waals surface area contributed by atoms with Crippen LogP contribution in [-0.4, -0.2) is 48.0 Å². The summed E-state index contributed by atoms with van der Waals surface area (Å²) in [6.45, 7) is 0. The number of H-pyrrole nitrogens is 2. The van der Waals surface area contributed by atoms with Crippen molar-refractivity contribution in [3.05, 3.63) is 83.5 Å². The maximum absolute atomic E-state index is 13.0. The maximum Gasteiger partial charge on any atom is 0.325 e. The van der Waals surface area contributed by atoms with Crippen LogP contribution >= 0.6 is 0 Å². The number of pyridine rings is 2. The van der Waals surface area contributed by atoms with Crippen LogP contribution in [0.1, 0.15) is 0 Å². The number of carbonyl (C=O) groups is 1. The summed E-state index contributed by atoms with van der Waals surface area (Å²) in [7, 11) is 1.56. The number of benzene rings is 2. The lowest BCUT2D eigenvalue weighted by molar-refractivity contribution is 0.262. The SMILES string of the molecule is COc1ccc(-n2nc(O)cc2NC(=O)Nc2ccc(Oc3ccnc4[nH]c(=O)[nH]c34)c3ncccc23)cc1. The Balaban J connectivity index is 1.27. The number of urea groups is 1. The molecule has 6 rings (SSSR count). The normalized spacial score (nSPS) is 11.0. The van der Waals surface area contributed by atoms with E-state index >= 15 is 0 Å². The Bertz CT molecular complexity index is 1890. The van der Waals surface area contributed by atoms with Gasteiger partial charge in [-0.05, 0) is 48.5 Å². The first-order valence-corrected chi connectivity index (χ1v) is 11.6. The highest BCUT2D eigenvalue weighted by molar-refractivity contribution is 6.06. The number of fused-ring (bicyclic) bond motifs is 2. The van der Waals surface area contributed by atoms with Crippen molar-refractivity contribution in [1.29, 1.82) is 0 Å². The first kappa shape index (κ1) is 23.5. The molecule has 0 spiro atoms. The van der Waals surface area contributed by atoms with Crippen LogP contribution in [-0.2, 0) is 0 Å². The number of nitrogens with zero attached hydrogens (tertiary/aromatic N) is 4. The molecule has 4 heterocycles. The molecule has 2 aromatic carbocycles. The lowest BCUT2D eigenvalue weighted by atomic mass is 10.1. The van der Waals surface area contributed by atoms with Crippen molar-refractivity contribution in [2.24, 2.45) is 0 Å². The van der Waals surface area contributed by atoms with E-state index in [1.54, 1.807) is 67.9 Å². The Hall–Kier alpha value is -5.85. The highest BCUT2D eigenvalue weighted by atomic mass is 16.5. The van der Waals surface area contributed by atoms with E-state index in [0.717, 1.165) is 0 Å². The second-order valence-corrected chi connectivity index (χ2v) is 8.30. The number of ether oxygens (including phenoxy) is 2. The van der Waals surface area contributed by atoms with E-state index in [4.69, 9.17) is 9.47 Å². The molecule has 39 heavy (non-hydrogen) atoms. The van der Waals surface area contributed by atoms with Gasteiger partial charge in [-0.2, -0.15) is 0 Å². The fourth-order valence-corrected chi connectivity index (χ4v) is 4.10. The highest BCUT2D eigenvalue weighted by Gasteiger charge is 2.16. The molecule has 0 aliphatic rings. The Morgan fingerprint density at radius 3 is 2.64 bits per heavy atom. The number of carbonyl (C=O) groups excluding carboxylic acids is 1. The van der Waals surface area contributed by atoms with Gasteiger partial charge < -0.3 is 24.9 Å². The molecule has 194 valence electrons. The van der Waals surface area contributed by atoms with Crippen LogP contribution in [0.3, 0.4) is 0 Å². The molecule has 13 nitrogen and oxygen atoms in total. The number of anilines is 2. The average molecular weight is 524 g/mol. The first-order valence-electron chi connectivity index (χ1n) is 11.6. The summed E-state index contributed by atoms with van der Waals surface area (Å²) in [6, 6.07) is 16.2. The molecule has 4 aromatic heterocycles. The lowest BCUT2D eigenvalue weighted by Gasteiger charge is -2.14. The molecule has 5 N–H and O–H groups in total. The number of hydrogen-bond donors (Lipinski definition) is 5. The van der Waals surface area contributed by atoms with Gasteiger partial charge in [-0.1, -0.05) is 0 Å². The highest BCUT2D eigenvalue weighted by Crippen LogP contribution is 2.34. The Kier molecular flexibility index (Phi) is 5.77. The molecule has 0 aliphatic carbocycles. The standard InChI is InChI=1S/C26H20N8O5/c1-38-15-6-4-14(5-7-15)34-20(13-21(35)33-34)30-25(36)29-17-8-9-18(22-16(17)3-2-11-27-22)39-19-10-12-28-24-23(19)31-26(37)32-24/h2-13H,1H3,(H,33,35)(H2,29,30,36)(H2,28,31,32,37). The number of aromatic amines is 2. The second kappa shape index (κ2) is 9.55. The van der Waals surface area contributed by atoms with Gasteiger partial charge in [0.15, 0.2) is 17.1 Å². The smallest absolute Gasteiger partial charge is 0.325 e. The zero-order valence-corrected chi connectivity index (χ0v) is 20.3. The lowest BCUT2D eigenvalue weighted by Crippen LogP contribution is -2.21. The molecule has 0 saturated carbocycles. The number of rotatable bonds is 6. The molecule has 6 aromatic rings. The average Bonchev–Trinajstić information content (AvgIpc) is 3.51. The maximum atomic E-state index is 13.0. The van der Waals surface area contributed by atoms with Crippen LogP contribution in [0.4, 0.5) is 16.3 Å². The molecule has 0 bridgehead atoms. The van der Waals surface area contributed by atoms with Crippen molar-refractivity contribution in [3.8, 4) is 28.8 Å². The van der Waals surface area contributed by atoms with Gasteiger partial charge in [-0.15, -0.1) is 5.10 Å². The van der Waals surface area contributed by atoms with Crippen LogP contribution in [0.2, 0.25) is 0 Å². The summed E-state index contributed by atoms with van der Waals surface area (Å²) in [6.07, 6.45) is 3.13. The van der Waals surface area contributed by atoms with Crippen LogP contribution < -0.4 is 25.8 Å². The van der Waals surface area contributed by atoms with E-state index in [-0.39, 0.29) is 11.7 Å². The Morgan fingerprint density at radius 2 is 1.82 bits per heavy atom. The molecule has 13 heteroatoms. The minimum atomic E-state index is -0.566. The molecular weight excluding hydrogens is 504 g/mol. The Morgan fingerprint density at radius 1 is 0.974 bits per heavy atom. The van der Waals surface area contributed by atoms with Crippen LogP contribution in [0.15, 0.2) is 77.9 Å². The third-order valence-electron chi connectivity index (χ3n) is 5.84. The topological polar surface area (TPSA) is 172 Å². The van der Waals surface area contributed by atoms with Crippen molar-refractivity contribution in [2.75, 3.05) is 17.7 Å². The van der Waals surface area contributed by atoms with E-state index in [0.29, 0.717) is 50.7 Å². The number of aromatic hydroxyl groups is 1. The molecule has 0 saturated heterocycles. The number of aromatic nitrogens is 6. The molecular formula is C26H20N8O5. The number of amides is 2. The number of imidazole rings is 1. The van der Waals surface area contributed by atoms with Crippen LogP contribution in [0.25, 0.3) is 27.8 Å². The quantitative estimate of drug-likeness (QED) is 0.216. The predicted octanol–water partition coefficient (Wildman–Crippen LogP) is 4.14. The van der Waals surface area contributed by atoms with E-state index in [2.05, 4.69) is 35.7 Å². The molecule has 0 atom stereocenters. The third kappa shape index (κ3) is 4.55. The summed E-state index contributed by atoms with van der Waals surface area (Å²) in [4.78, 5) is 38.5. The van der Waals surface area contributed by atoms with Gasteiger partial charge >= 0.3 is 11.7 Å². The van der Waals surface area contributed by atoms with Crippen molar-refractivity contribution in [2.45, 2.75) is 0 Å². The van der Waals surface area contributed by atoms with E-state index < -0.39 is 11.7 Å². The number of methoxy groups -OCH3 is 1. The van der Waals surface area contributed by atoms with Crippen LogP contribution in [0.5, 0.6) is 23.1 Å². The second-order valence-electron chi connectivity index (χ2n) is 8.30. The van der Waals surface area contributed by atoms with Gasteiger partial charge in [-0.3, -0.25) is 15.3 Å². The number of hydrogen-bond acceptors (Lipinski definition) is 8. The largest absolute Gasteiger partial charge is 0.497 e. The van der Waals surface area contributed by atoms with Crippen molar-refractivity contribution < 1.29 is 19.4 Å². The molecule has 0 fully saturated rings. The molecule has 0 radical (unpaired) electrons. The minimum Gasteiger partial charge on any atom is -0.497 e. The van der Waals surface area contributed by atoms with Gasteiger partial charge in [0.25, 0.3) is 0 Å². The number of nitrogens with one attached hydrogen (secondary N) is 4. The third-order valence-corrected chi connectivity index (χ3v) is 5.84. The predicted molar refractivity (Wildman–Crippen MR) is 143 cm³/mol. The summed E-state index contributed by atoms with van der Waals surface area (Å²) in [5.41, 5.74) is 1.95. The van der Waals surface area contributed by atoms with Gasteiger partial charge in [0, 0.05) is 29.9 Å². The van der Waals surface area contributed by atoms with Crippen LogP contribution in [0, 0.1) is 0 Å². The zero-order chi connectivity index (χ0) is 26.9. The van der Waals surface area contributed by atoms with E-state index in [1.165, 1.54) is 16.9 Å². The molecule has 0 aliphatic heterocycles. The van der Waals surface area contributed by atoms with Gasteiger partial charge in [0.05, 0.1) is 18.5 Å². The van der Waals surface area contributed by atoms with Gasteiger partial charge in [-0.25, -0.2) is 19.3 Å². The summed E-state index contributed by atoms with van der Waals surface area (Å²) in [5, 5.41) is 20.2. The molecule has 2 amide bonds. The summed E-state index contributed by atoms with van der Waals surface area (Å²) < 4.78 is 12.7. The van der Waals surface area contributed by atoms with E-state index in [1.807, 2.05) is 0 Å². The van der Waals surface area contributed by atoms with Gasteiger partial charge in [0.2, 0.25) is 5.88 Å². The van der Waals surface area contributed by atoms with Crippen molar-refractivity contribution in [1.82, 2.24) is 29.7 Å². The fourth-order valence-electron chi connectivity index (χ4n) is 4.10. The molecule has 0 unspecified atom stereocenters. The fraction of sp³-hybridized carbons (Fsp3) is 0.0385. The monoisotopic (exact) mass is 524 g/mol. The summed E-state index contributed by atoms with van der Waals surface area (Å²) in [5.74, 6) is 1.44. The van der Waals surface area contributed by atoms with Crippen molar-refractivity contribution in [3.63, 3.8) is 0 Å². The Labute approximate surface area is 219 Å². The van der Waals surface area contributed by atoms with Crippen molar-refractivity contribution >= 4 is 39.6 Å². The zero-order valence-electron chi connectivity index (χ0n) is 20.3. The first-order chi connectivity index (χ1) is 19.0.